The van der Waals surface area contributed by atoms with Gasteiger partial charge in [-0.2, -0.15) is 0 Å². The van der Waals surface area contributed by atoms with E-state index in [1.807, 2.05) is 12.1 Å². The van der Waals surface area contributed by atoms with Crippen LogP contribution < -0.4 is 5.73 Å². The van der Waals surface area contributed by atoms with Crippen molar-refractivity contribution >= 4 is 0 Å². The number of likely N-dealkylation sites (N-methyl/N-ethyl adjacent to an activating group) is 1. The number of nitrogens with two attached hydrogens (primary N) is 1. The first kappa shape index (κ1) is 15.1. The zero-order valence-corrected chi connectivity index (χ0v) is 11.9. The first-order valence-electron chi connectivity index (χ1n) is 6.67. The highest BCUT2D eigenvalue weighted by atomic mass is 19.1. The molecule has 2 atom stereocenters. The van der Waals surface area contributed by atoms with Crippen molar-refractivity contribution in [1.82, 2.24) is 4.90 Å². The second kappa shape index (κ2) is 6.86. The maximum Gasteiger partial charge on any atom is 0.123 e. The maximum atomic E-state index is 13.0. The van der Waals surface area contributed by atoms with E-state index in [0.717, 1.165) is 18.5 Å². The second-order valence-corrected chi connectivity index (χ2v) is 5.40. The summed E-state index contributed by atoms with van der Waals surface area (Å²) in [4.78, 5) is 2.27. The Morgan fingerprint density at radius 1 is 1.22 bits per heavy atom. The third-order valence-corrected chi connectivity index (χ3v) is 3.22. The van der Waals surface area contributed by atoms with Gasteiger partial charge in [-0.1, -0.05) is 32.9 Å². The van der Waals surface area contributed by atoms with Crippen LogP contribution >= 0.6 is 0 Å². The average molecular weight is 252 g/mol. The highest BCUT2D eigenvalue weighted by Gasteiger charge is 2.23. The van der Waals surface area contributed by atoms with Crippen molar-refractivity contribution in [3.63, 3.8) is 0 Å². The van der Waals surface area contributed by atoms with Gasteiger partial charge in [-0.25, -0.2) is 4.39 Å². The number of hydrogen-bond acceptors (Lipinski definition) is 2. The molecule has 0 bridgehead atoms. The SMILES string of the molecule is CCC(N)C(c1ccc(F)cc1)N(C)CC(C)C. The third kappa shape index (κ3) is 4.07. The molecule has 0 aliphatic heterocycles. The van der Waals surface area contributed by atoms with Gasteiger partial charge in [-0.3, -0.25) is 4.90 Å². The molecule has 1 rings (SSSR count). The van der Waals surface area contributed by atoms with Crippen molar-refractivity contribution in [3.8, 4) is 0 Å². The van der Waals surface area contributed by atoms with Crippen molar-refractivity contribution in [3.05, 3.63) is 35.6 Å². The molecule has 0 aliphatic carbocycles. The van der Waals surface area contributed by atoms with Gasteiger partial charge < -0.3 is 5.73 Å². The lowest BCUT2D eigenvalue weighted by Gasteiger charge is -2.33. The summed E-state index contributed by atoms with van der Waals surface area (Å²) in [6.45, 7) is 7.45. The van der Waals surface area contributed by atoms with Gasteiger partial charge in [0, 0.05) is 18.6 Å². The Hall–Kier alpha value is -0.930. The molecular formula is C15H25FN2. The summed E-state index contributed by atoms with van der Waals surface area (Å²) in [7, 11) is 2.09. The third-order valence-electron chi connectivity index (χ3n) is 3.22. The van der Waals surface area contributed by atoms with Gasteiger partial charge in [-0.05, 0) is 37.1 Å². The summed E-state index contributed by atoms with van der Waals surface area (Å²) in [5, 5.41) is 0. The molecule has 2 nitrogen and oxygen atoms in total. The van der Waals surface area contributed by atoms with Gasteiger partial charge in [-0.15, -0.1) is 0 Å². The fourth-order valence-electron chi connectivity index (χ4n) is 2.40. The van der Waals surface area contributed by atoms with Crippen molar-refractivity contribution in [2.45, 2.75) is 39.3 Å². The van der Waals surface area contributed by atoms with Gasteiger partial charge >= 0.3 is 0 Å². The van der Waals surface area contributed by atoms with E-state index in [2.05, 4.69) is 32.7 Å². The van der Waals surface area contributed by atoms with Gasteiger partial charge in [0.05, 0.1) is 0 Å². The summed E-state index contributed by atoms with van der Waals surface area (Å²) in [6, 6.07) is 6.91. The summed E-state index contributed by atoms with van der Waals surface area (Å²) in [5.74, 6) is 0.385. The predicted octanol–water partition coefficient (Wildman–Crippen LogP) is 3.19. The van der Waals surface area contributed by atoms with Crippen molar-refractivity contribution in [2.24, 2.45) is 11.7 Å². The Morgan fingerprint density at radius 2 is 1.78 bits per heavy atom. The van der Waals surface area contributed by atoms with Crippen LogP contribution in [0.25, 0.3) is 0 Å². The van der Waals surface area contributed by atoms with Crippen LogP contribution in [0, 0.1) is 11.7 Å². The van der Waals surface area contributed by atoms with Crippen LogP contribution in [-0.2, 0) is 0 Å². The molecule has 0 aromatic heterocycles. The molecule has 0 aliphatic rings. The topological polar surface area (TPSA) is 29.3 Å². The lowest BCUT2D eigenvalue weighted by molar-refractivity contribution is 0.189. The van der Waals surface area contributed by atoms with Crippen LogP contribution in [0.2, 0.25) is 0 Å². The highest BCUT2D eigenvalue weighted by Crippen LogP contribution is 2.24. The van der Waals surface area contributed by atoms with E-state index in [1.54, 1.807) is 0 Å². The lowest BCUT2D eigenvalue weighted by atomic mass is 9.96. The van der Waals surface area contributed by atoms with Crippen molar-refractivity contribution in [1.29, 1.82) is 0 Å². The normalized spacial score (nSPS) is 15.1. The molecule has 0 spiro atoms. The van der Waals surface area contributed by atoms with E-state index in [9.17, 15) is 4.39 Å². The lowest BCUT2D eigenvalue weighted by Crippen LogP contribution is -2.40. The van der Waals surface area contributed by atoms with E-state index < -0.39 is 0 Å². The van der Waals surface area contributed by atoms with Crippen LogP contribution in [0.3, 0.4) is 0 Å². The van der Waals surface area contributed by atoms with E-state index in [-0.39, 0.29) is 17.9 Å². The Morgan fingerprint density at radius 3 is 2.22 bits per heavy atom. The molecule has 2 N–H and O–H groups in total. The zero-order chi connectivity index (χ0) is 13.7. The second-order valence-electron chi connectivity index (χ2n) is 5.40. The van der Waals surface area contributed by atoms with E-state index >= 15 is 0 Å². The molecule has 0 saturated heterocycles. The number of hydrogen-bond donors (Lipinski definition) is 1. The first-order chi connectivity index (χ1) is 8.45. The van der Waals surface area contributed by atoms with Gasteiger partial charge in [0.15, 0.2) is 0 Å². The number of nitrogens with zero attached hydrogens (tertiary/aromatic N) is 1. The number of rotatable bonds is 6. The number of halogens is 1. The minimum absolute atomic E-state index is 0.0687. The Kier molecular flexibility index (Phi) is 5.76. The summed E-state index contributed by atoms with van der Waals surface area (Å²) in [6.07, 6.45) is 0.907. The highest BCUT2D eigenvalue weighted by molar-refractivity contribution is 5.21. The summed E-state index contributed by atoms with van der Waals surface area (Å²) >= 11 is 0. The molecular weight excluding hydrogens is 227 g/mol. The zero-order valence-electron chi connectivity index (χ0n) is 11.9. The fourth-order valence-corrected chi connectivity index (χ4v) is 2.40. The first-order valence-corrected chi connectivity index (χ1v) is 6.67. The average Bonchev–Trinajstić information content (AvgIpc) is 2.30. The van der Waals surface area contributed by atoms with Crippen molar-refractivity contribution in [2.75, 3.05) is 13.6 Å². The molecule has 0 amide bonds. The molecule has 1 aromatic carbocycles. The van der Waals surface area contributed by atoms with Crippen LogP contribution in [0.1, 0.15) is 38.8 Å². The Bertz CT molecular complexity index is 348. The van der Waals surface area contributed by atoms with E-state index in [1.165, 1.54) is 12.1 Å². The Balaban J connectivity index is 2.94. The minimum atomic E-state index is -0.200. The monoisotopic (exact) mass is 252 g/mol. The van der Waals surface area contributed by atoms with Crippen LogP contribution in [-0.4, -0.2) is 24.5 Å². The summed E-state index contributed by atoms with van der Waals surface area (Å²) < 4.78 is 13.0. The fraction of sp³-hybridized carbons (Fsp3) is 0.600. The van der Waals surface area contributed by atoms with Gasteiger partial charge in [0.1, 0.15) is 5.82 Å². The molecule has 0 saturated carbocycles. The molecule has 18 heavy (non-hydrogen) atoms. The minimum Gasteiger partial charge on any atom is -0.326 e. The van der Waals surface area contributed by atoms with E-state index in [0.29, 0.717) is 5.92 Å². The summed E-state index contributed by atoms with van der Waals surface area (Å²) in [5.41, 5.74) is 7.32. The van der Waals surface area contributed by atoms with Crippen LogP contribution in [0.5, 0.6) is 0 Å². The maximum absolute atomic E-state index is 13.0. The molecule has 3 heteroatoms. The molecule has 102 valence electrons. The standard InChI is InChI=1S/C15H25FN2/c1-5-14(17)15(18(4)10-11(2)3)12-6-8-13(16)9-7-12/h6-9,11,14-15H,5,10,17H2,1-4H3. The van der Waals surface area contributed by atoms with Crippen LogP contribution in [0.15, 0.2) is 24.3 Å². The van der Waals surface area contributed by atoms with Crippen LogP contribution in [0.4, 0.5) is 4.39 Å². The van der Waals surface area contributed by atoms with Crippen molar-refractivity contribution < 1.29 is 4.39 Å². The van der Waals surface area contributed by atoms with Gasteiger partial charge in [0.25, 0.3) is 0 Å². The molecule has 1 aromatic rings. The molecule has 0 radical (unpaired) electrons. The smallest absolute Gasteiger partial charge is 0.123 e. The molecule has 2 unspecified atom stereocenters. The Labute approximate surface area is 110 Å². The quantitative estimate of drug-likeness (QED) is 0.842. The molecule has 0 fully saturated rings. The predicted molar refractivity (Wildman–Crippen MR) is 74.9 cm³/mol. The van der Waals surface area contributed by atoms with E-state index in [4.69, 9.17) is 5.73 Å². The molecule has 0 heterocycles. The number of benzene rings is 1. The van der Waals surface area contributed by atoms with Gasteiger partial charge in [0.2, 0.25) is 0 Å². The largest absolute Gasteiger partial charge is 0.326 e.